The zero-order valence-corrected chi connectivity index (χ0v) is 8.37. The molecule has 1 amide bonds. The molecule has 1 rings (SSSR count). The second kappa shape index (κ2) is 4.70. The number of amides is 1. The maximum atomic E-state index is 12.5. The molecule has 1 heterocycles. The van der Waals surface area contributed by atoms with E-state index < -0.39 is 43.5 Å². The van der Waals surface area contributed by atoms with Crippen LogP contribution in [0, 0.1) is 23.2 Å². The van der Waals surface area contributed by atoms with Gasteiger partial charge in [-0.3, -0.25) is 4.79 Å². The van der Waals surface area contributed by atoms with Crippen molar-refractivity contribution in [1.82, 2.24) is 4.90 Å². The zero-order valence-electron chi connectivity index (χ0n) is 8.37. The molecule has 0 radical (unpaired) electrons. The number of nitriles is 1. The monoisotopic (exact) mass is 236 g/mol. The highest BCUT2D eigenvalue weighted by Gasteiger charge is 2.50. The summed E-state index contributed by atoms with van der Waals surface area (Å²) in [5.41, 5.74) is 0. The fourth-order valence-electron chi connectivity index (χ4n) is 1.81. The molecular weight excluding hydrogens is 225 g/mol. The standard InChI is InChI=1S/C9H11F3N2O2/c10-9(11,12)7-4-14(3-6(7)5-15)8(16)1-2-13/h6-7,15H,1,3-5H2/t6-,7-/m0/s1. The Bertz CT molecular complexity index is 311. The lowest BCUT2D eigenvalue weighted by Crippen LogP contribution is -2.32. The number of aliphatic hydroxyl groups is 1. The van der Waals surface area contributed by atoms with Crippen LogP contribution in [0.15, 0.2) is 0 Å². The highest BCUT2D eigenvalue weighted by Crippen LogP contribution is 2.37. The van der Waals surface area contributed by atoms with Gasteiger partial charge in [-0.2, -0.15) is 18.4 Å². The molecule has 16 heavy (non-hydrogen) atoms. The first-order valence-corrected chi connectivity index (χ1v) is 4.72. The summed E-state index contributed by atoms with van der Waals surface area (Å²) in [5, 5.41) is 17.1. The first-order valence-electron chi connectivity index (χ1n) is 4.72. The van der Waals surface area contributed by atoms with Crippen molar-refractivity contribution in [2.75, 3.05) is 19.7 Å². The van der Waals surface area contributed by atoms with Crippen LogP contribution < -0.4 is 0 Å². The zero-order chi connectivity index (χ0) is 12.3. The maximum Gasteiger partial charge on any atom is 0.393 e. The number of rotatable bonds is 2. The molecule has 1 aliphatic heterocycles. The topological polar surface area (TPSA) is 64.3 Å². The Morgan fingerprint density at radius 1 is 1.50 bits per heavy atom. The summed E-state index contributed by atoms with van der Waals surface area (Å²) in [5.74, 6) is -3.30. The van der Waals surface area contributed by atoms with Crippen LogP contribution in [-0.2, 0) is 4.79 Å². The Kier molecular flexibility index (Phi) is 3.75. The summed E-state index contributed by atoms with van der Waals surface area (Å²) < 4.78 is 37.5. The van der Waals surface area contributed by atoms with Gasteiger partial charge in [0.2, 0.25) is 5.91 Å². The molecule has 7 heteroatoms. The molecule has 0 spiro atoms. The van der Waals surface area contributed by atoms with Crippen molar-refractivity contribution in [1.29, 1.82) is 5.26 Å². The molecule has 0 aromatic carbocycles. The summed E-state index contributed by atoms with van der Waals surface area (Å²) in [6, 6.07) is 1.60. The number of likely N-dealkylation sites (tertiary alicyclic amines) is 1. The quantitative estimate of drug-likeness (QED) is 0.760. The Labute approximate surface area is 90.3 Å². The van der Waals surface area contributed by atoms with Gasteiger partial charge in [0.1, 0.15) is 6.42 Å². The van der Waals surface area contributed by atoms with Crippen LogP contribution in [0.1, 0.15) is 6.42 Å². The fourth-order valence-corrected chi connectivity index (χ4v) is 1.81. The van der Waals surface area contributed by atoms with Gasteiger partial charge in [-0.25, -0.2) is 0 Å². The second-order valence-corrected chi connectivity index (χ2v) is 3.72. The average Bonchev–Trinajstić information content (AvgIpc) is 2.61. The summed E-state index contributed by atoms with van der Waals surface area (Å²) in [7, 11) is 0. The molecule has 0 aliphatic carbocycles. The summed E-state index contributed by atoms with van der Waals surface area (Å²) in [6.07, 6.45) is -4.85. The van der Waals surface area contributed by atoms with E-state index in [-0.39, 0.29) is 6.54 Å². The predicted octanol–water partition coefficient (Wildman–Crippen LogP) is 0.529. The molecule has 0 unspecified atom stereocenters. The lowest BCUT2D eigenvalue weighted by molar-refractivity contribution is -0.183. The van der Waals surface area contributed by atoms with Gasteiger partial charge in [0.05, 0.1) is 12.0 Å². The highest BCUT2D eigenvalue weighted by molar-refractivity contribution is 5.78. The molecule has 1 N–H and O–H groups in total. The van der Waals surface area contributed by atoms with Crippen molar-refractivity contribution >= 4 is 5.91 Å². The Balaban J connectivity index is 2.71. The van der Waals surface area contributed by atoms with E-state index in [2.05, 4.69) is 0 Å². The maximum absolute atomic E-state index is 12.5. The van der Waals surface area contributed by atoms with Crippen molar-refractivity contribution in [3.8, 4) is 6.07 Å². The van der Waals surface area contributed by atoms with Crippen LogP contribution in [0.25, 0.3) is 0 Å². The normalized spacial score (nSPS) is 25.6. The smallest absolute Gasteiger partial charge is 0.393 e. The molecule has 1 aliphatic rings. The number of carbonyl (C=O) groups is 1. The van der Waals surface area contributed by atoms with Crippen LogP contribution in [0.5, 0.6) is 0 Å². The van der Waals surface area contributed by atoms with Gasteiger partial charge in [0.15, 0.2) is 0 Å². The minimum absolute atomic E-state index is 0.138. The summed E-state index contributed by atoms with van der Waals surface area (Å²) >= 11 is 0. The first kappa shape index (κ1) is 12.8. The van der Waals surface area contributed by atoms with Crippen LogP contribution in [0.2, 0.25) is 0 Å². The third kappa shape index (κ3) is 2.64. The molecular formula is C9H11F3N2O2. The summed E-state index contributed by atoms with van der Waals surface area (Å²) in [6.45, 7) is -1.21. The van der Waals surface area contributed by atoms with Gasteiger partial charge in [-0.1, -0.05) is 0 Å². The lowest BCUT2D eigenvalue weighted by atomic mass is 9.97. The van der Waals surface area contributed by atoms with E-state index in [1.807, 2.05) is 0 Å². The SMILES string of the molecule is N#CCC(=O)N1C[C@@H](CO)[C@@H](C(F)(F)F)C1. The molecule has 0 saturated carbocycles. The van der Waals surface area contributed by atoms with Crippen molar-refractivity contribution in [2.24, 2.45) is 11.8 Å². The number of alkyl halides is 3. The largest absolute Gasteiger partial charge is 0.396 e. The third-order valence-corrected chi connectivity index (χ3v) is 2.68. The molecule has 0 bridgehead atoms. The number of halogens is 3. The first-order chi connectivity index (χ1) is 7.40. The van der Waals surface area contributed by atoms with Crippen LogP contribution in [-0.4, -0.2) is 41.8 Å². The number of carbonyl (C=O) groups excluding carboxylic acids is 1. The van der Waals surface area contributed by atoms with Crippen molar-refractivity contribution in [2.45, 2.75) is 12.6 Å². The van der Waals surface area contributed by atoms with E-state index in [0.717, 1.165) is 4.90 Å². The molecule has 2 atom stereocenters. The molecule has 1 saturated heterocycles. The molecule has 1 fully saturated rings. The minimum Gasteiger partial charge on any atom is -0.396 e. The molecule has 90 valence electrons. The highest BCUT2D eigenvalue weighted by atomic mass is 19.4. The predicted molar refractivity (Wildman–Crippen MR) is 46.9 cm³/mol. The van der Waals surface area contributed by atoms with Crippen LogP contribution in [0.3, 0.4) is 0 Å². The van der Waals surface area contributed by atoms with Gasteiger partial charge in [0.25, 0.3) is 0 Å². The number of hydrogen-bond acceptors (Lipinski definition) is 3. The Morgan fingerprint density at radius 3 is 2.50 bits per heavy atom. The number of aliphatic hydroxyl groups excluding tert-OH is 1. The molecule has 0 aromatic heterocycles. The Hall–Kier alpha value is -1.29. The van der Waals surface area contributed by atoms with E-state index in [9.17, 15) is 18.0 Å². The van der Waals surface area contributed by atoms with Crippen molar-refractivity contribution < 1.29 is 23.1 Å². The van der Waals surface area contributed by atoms with Crippen molar-refractivity contribution in [3.63, 3.8) is 0 Å². The van der Waals surface area contributed by atoms with Crippen LogP contribution >= 0.6 is 0 Å². The van der Waals surface area contributed by atoms with E-state index in [4.69, 9.17) is 10.4 Å². The third-order valence-electron chi connectivity index (χ3n) is 2.68. The van der Waals surface area contributed by atoms with E-state index in [0.29, 0.717) is 0 Å². The lowest BCUT2D eigenvalue weighted by Gasteiger charge is -2.18. The average molecular weight is 236 g/mol. The van der Waals surface area contributed by atoms with Gasteiger partial charge in [0, 0.05) is 25.6 Å². The number of hydrogen-bond donors (Lipinski definition) is 1. The second-order valence-electron chi connectivity index (χ2n) is 3.72. The minimum atomic E-state index is -4.42. The van der Waals surface area contributed by atoms with E-state index in [1.165, 1.54) is 0 Å². The van der Waals surface area contributed by atoms with Gasteiger partial charge in [-0.05, 0) is 0 Å². The fraction of sp³-hybridized carbons (Fsp3) is 0.778. The number of nitrogens with zero attached hydrogens (tertiary/aromatic N) is 2. The van der Waals surface area contributed by atoms with E-state index >= 15 is 0 Å². The van der Waals surface area contributed by atoms with Gasteiger partial charge >= 0.3 is 6.18 Å². The van der Waals surface area contributed by atoms with Gasteiger partial charge < -0.3 is 10.0 Å². The molecule has 0 aromatic rings. The van der Waals surface area contributed by atoms with Gasteiger partial charge in [-0.15, -0.1) is 0 Å². The summed E-state index contributed by atoms with van der Waals surface area (Å²) in [4.78, 5) is 12.2. The Morgan fingerprint density at radius 2 is 2.12 bits per heavy atom. The van der Waals surface area contributed by atoms with E-state index in [1.54, 1.807) is 6.07 Å². The molecule has 4 nitrogen and oxygen atoms in total. The van der Waals surface area contributed by atoms with Crippen molar-refractivity contribution in [3.05, 3.63) is 0 Å². The van der Waals surface area contributed by atoms with Crippen LogP contribution in [0.4, 0.5) is 13.2 Å².